The maximum atomic E-state index is 3.25. The van der Waals surface area contributed by atoms with Gasteiger partial charge in [-0.05, 0) is 0 Å². The Bertz CT molecular complexity index is 17.0. The van der Waals surface area contributed by atoms with Crippen molar-refractivity contribution in [2.45, 2.75) is 115 Å². The number of hydrogen-bond acceptors (Lipinski definition) is 0. The van der Waals surface area contributed by atoms with E-state index in [0.717, 1.165) is 0 Å². The van der Waals surface area contributed by atoms with E-state index < -0.39 is 0 Å². The van der Waals surface area contributed by atoms with Crippen molar-refractivity contribution in [3.05, 3.63) is 20.3 Å². The molecule has 0 aliphatic rings. The summed E-state index contributed by atoms with van der Waals surface area (Å²) in [6.45, 7) is 14.3. The van der Waals surface area contributed by atoms with E-state index in [2.05, 4.69) is 34.1 Å². The van der Waals surface area contributed by atoms with Gasteiger partial charge in [-0.2, -0.15) is 26.7 Å². The zero-order valence-electron chi connectivity index (χ0n) is 8.22. The summed E-state index contributed by atoms with van der Waals surface area (Å²) in [7, 11) is 0. The van der Waals surface area contributed by atoms with Crippen LogP contribution in [0.15, 0.2) is 0 Å². The van der Waals surface area contributed by atoms with Crippen LogP contribution in [0.3, 0.4) is 0 Å². The second-order valence-electron chi connectivity index (χ2n) is 1.11. The number of unbranched alkanes of at least 4 members (excludes halogenated alkanes) is 2. The van der Waals surface area contributed by atoms with Gasteiger partial charge >= 0.3 is 21.1 Å². The van der Waals surface area contributed by atoms with Crippen LogP contribution < -0.4 is 0 Å². The van der Waals surface area contributed by atoms with Crippen LogP contribution in [0, 0.1) is 20.3 Å². The van der Waals surface area contributed by atoms with Crippen LogP contribution in [0.5, 0.6) is 0 Å². The van der Waals surface area contributed by atoms with Gasteiger partial charge in [0.15, 0.2) is 0 Å². The molecule has 0 unspecified atom stereocenters. The molecular formula is C19H61W2-. The summed E-state index contributed by atoms with van der Waals surface area (Å²) in [4.78, 5) is 0. The molecule has 0 spiro atoms. The molecule has 0 fully saturated rings. The van der Waals surface area contributed by atoms with Crippen LogP contribution in [0.25, 0.3) is 0 Å². The molecule has 21 heavy (non-hydrogen) atoms. The van der Waals surface area contributed by atoms with Crippen LogP contribution in [0.1, 0.15) is 115 Å². The van der Waals surface area contributed by atoms with Crippen molar-refractivity contribution in [3.8, 4) is 0 Å². The second kappa shape index (κ2) is 463. The van der Waals surface area contributed by atoms with E-state index >= 15 is 0 Å². The van der Waals surface area contributed by atoms with E-state index in [9.17, 15) is 0 Å². The fourth-order valence-corrected chi connectivity index (χ4v) is 0.289. The fraction of sp³-hybridized carbons (Fsp3) is 0.842. The summed E-state index contributed by atoms with van der Waals surface area (Å²) in [5.74, 6) is 0. The molecule has 0 bridgehead atoms. The van der Waals surface area contributed by atoms with Crippen molar-refractivity contribution < 1.29 is 42.1 Å². The largest absolute Gasteiger partial charge is 2.00 e. The summed E-state index contributed by atoms with van der Waals surface area (Å²) < 4.78 is 0. The average molecular weight is 657 g/mol. The molecule has 0 aliphatic carbocycles. The van der Waals surface area contributed by atoms with Gasteiger partial charge in [-0.25, -0.2) is 0 Å². The van der Waals surface area contributed by atoms with Gasteiger partial charge in [0.25, 0.3) is 0 Å². The third-order valence-corrected chi connectivity index (χ3v) is 0.577. The van der Waals surface area contributed by atoms with Gasteiger partial charge in [0, 0.05) is 21.1 Å². The summed E-state index contributed by atoms with van der Waals surface area (Å²) >= 11 is 0. The quantitative estimate of drug-likeness (QED) is 0.260. The Morgan fingerprint density at radius 2 is 0.619 bits per heavy atom. The predicted molar refractivity (Wildman–Crippen MR) is 114 cm³/mol. The molecule has 0 amide bonds. The standard InChI is InChI=1S/C5H11.2C2H5.10CH4.2W/c1-3-5-4-2;2*1-2;;;;;;;;;;;;/h5H,3-4H2,1-2H3;2*1H2,2H3;10*1H4;;/q3*-1;;;;;;;;;;;;+2. The molecule has 0 radical (unpaired) electrons. The van der Waals surface area contributed by atoms with E-state index in [4.69, 9.17) is 0 Å². The van der Waals surface area contributed by atoms with Gasteiger partial charge < -0.3 is 20.3 Å². The molecule has 0 aromatic rings. The minimum atomic E-state index is 0. The van der Waals surface area contributed by atoms with E-state index in [1.165, 1.54) is 12.8 Å². The van der Waals surface area contributed by atoms with Gasteiger partial charge in [-0.15, -0.1) is 0 Å². The van der Waals surface area contributed by atoms with Crippen LogP contribution in [0.4, 0.5) is 0 Å². The molecule has 0 nitrogen and oxygen atoms in total. The van der Waals surface area contributed by atoms with Crippen molar-refractivity contribution in [3.63, 3.8) is 0 Å². The summed E-state index contributed by atoms with van der Waals surface area (Å²) in [6.07, 6.45) is 4.69. The maximum Gasteiger partial charge on any atom is 2.00 e. The summed E-state index contributed by atoms with van der Waals surface area (Å²) in [5.41, 5.74) is 0. The van der Waals surface area contributed by atoms with Crippen molar-refractivity contribution in [2.75, 3.05) is 0 Å². The predicted octanol–water partition coefficient (Wildman–Crippen LogP) is 10.0. The number of hydrogen-bond donors (Lipinski definition) is 0. The molecule has 0 heterocycles. The third kappa shape index (κ3) is 704. The molecule has 0 saturated heterocycles. The van der Waals surface area contributed by atoms with Crippen LogP contribution in [-0.4, -0.2) is 0 Å². The first-order chi connectivity index (χ1) is 4.41. The Hall–Kier alpha value is 1.38. The zero-order valence-corrected chi connectivity index (χ0v) is 14.1. The Balaban J connectivity index is -0.00000000164. The fourth-order valence-electron chi connectivity index (χ4n) is 0.289. The van der Waals surface area contributed by atoms with Gasteiger partial charge in [0.1, 0.15) is 0 Å². The Morgan fingerprint density at radius 1 is 0.524 bits per heavy atom. The first-order valence-corrected chi connectivity index (χ1v) is 3.64. The van der Waals surface area contributed by atoms with Gasteiger partial charge in [-0.3, -0.25) is 0 Å². The minimum Gasteiger partial charge on any atom is -0.346 e. The minimum absolute atomic E-state index is 0. The van der Waals surface area contributed by atoms with Crippen LogP contribution in [-0.2, 0) is 42.1 Å². The SMILES string of the molecule is C.C.C.C.C.C.C.C.C.C.CC[CH-]CC.[CH2-]C.[CH2-]C.[W+2].[W]. The smallest absolute Gasteiger partial charge is 0.346 e. The Labute approximate surface area is 176 Å². The van der Waals surface area contributed by atoms with Gasteiger partial charge in [0.2, 0.25) is 0 Å². The van der Waals surface area contributed by atoms with Crippen molar-refractivity contribution in [1.82, 2.24) is 0 Å². The normalized spacial score (nSPS) is 2.57. The molecule has 0 saturated carbocycles. The van der Waals surface area contributed by atoms with Crippen molar-refractivity contribution in [2.24, 2.45) is 0 Å². The number of rotatable bonds is 2. The summed E-state index contributed by atoms with van der Waals surface area (Å²) in [5, 5.41) is 0. The van der Waals surface area contributed by atoms with E-state index in [1.54, 1.807) is 13.8 Å². The average Bonchev–Trinajstić information content (AvgIpc) is 1.98. The second-order valence-corrected chi connectivity index (χ2v) is 1.11. The van der Waals surface area contributed by atoms with Gasteiger partial charge in [-0.1, -0.05) is 88.1 Å². The molecule has 150 valence electrons. The maximum absolute atomic E-state index is 3.25. The van der Waals surface area contributed by atoms with Gasteiger partial charge in [0.05, 0.1) is 0 Å². The molecule has 0 rings (SSSR count). The van der Waals surface area contributed by atoms with Crippen molar-refractivity contribution >= 4 is 0 Å². The van der Waals surface area contributed by atoms with E-state index in [0.29, 0.717) is 0 Å². The van der Waals surface area contributed by atoms with Crippen molar-refractivity contribution in [1.29, 1.82) is 0 Å². The van der Waals surface area contributed by atoms with Crippen LogP contribution >= 0.6 is 0 Å². The molecule has 0 atom stereocenters. The molecule has 0 N–H and O–H groups in total. The molecule has 0 aromatic carbocycles. The monoisotopic (exact) mass is 657 g/mol. The zero-order chi connectivity index (χ0) is 8.12. The molecule has 2 heteroatoms. The first-order valence-electron chi connectivity index (χ1n) is 3.64. The Kier molecular flexibility index (Phi) is 4150. The first kappa shape index (κ1) is 188. The molecular weight excluding hydrogens is 596 g/mol. The topological polar surface area (TPSA) is 0 Å². The third-order valence-electron chi connectivity index (χ3n) is 0.577. The van der Waals surface area contributed by atoms with E-state index in [-0.39, 0.29) is 116 Å². The molecule has 0 aromatic heterocycles. The summed E-state index contributed by atoms with van der Waals surface area (Å²) in [6, 6.07) is 0. The van der Waals surface area contributed by atoms with Crippen LogP contribution in [0.2, 0.25) is 0 Å². The van der Waals surface area contributed by atoms with E-state index in [1.807, 2.05) is 0 Å². The molecule has 0 aliphatic heterocycles. The Morgan fingerprint density at radius 3 is 0.619 bits per heavy atom.